The van der Waals surface area contributed by atoms with Gasteiger partial charge in [-0.05, 0) is 49.9 Å². The number of amides is 1. The number of aryl methyl sites for hydroxylation is 1. The van der Waals surface area contributed by atoms with Crippen LogP contribution in [0, 0.1) is 6.92 Å². The fraction of sp³-hybridized carbons (Fsp3) is 0.417. The zero-order valence-corrected chi connectivity index (χ0v) is 19.9. The lowest BCUT2D eigenvalue weighted by molar-refractivity contribution is -0.146. The van der Waals surface area contributed by atoms with Crippen LogP contribution in [0.25, 0.3) is 0 Å². The van der Waals surface area contributed by atoms with E-state index < -0.39 is 28.3 Å². The number of esters is 1. The van der Waals surface area contributed by atoms with Crippen LogP contribution in [0.15, 0.2) is 53.4 Å². The molecule has 1 heterocycles. The number of piperazine rings is 1. The average Bonchev–Trinajstić information content (AvgIpc) is 2.82. The minimum atomic E-state index is -3.59. The summed E-state index contributed by atoms with van der Waals surface area (Å²) in [7, 11) is -3.59. The third-order valence-corrected chi connectivity index (χ3v) is 7.39. The molecule has 0 aliphatic carbocycles. The standard InChI is InChI=1S/C24H31N3O5S/c1-3-26-13-15-27(16-14-26)21-8-6-20(7-9-21)25-23(28)18-32-24(29)12-17-33(30,31)22-10-4-19(2)5-11-22/h4-11H,3,12-18H2,1-2H3,(H,25,28). The Morgan fingerprint density at radius 1 is 0.970 bits per heavy atom. The molecule has 9 heteroatoms. The Hall–Kier alpha value is -2.91. The third-order valence-electron chi connectivity index (χ3n) is 5.65. The van der Waals surface area contributed by atoms with E-state index in [4.69, 9.17) is 4.74 Å². The van der Waals surface area contributed by atoms with Gasteiger partial charge in [0.05, 0.1) is 17.1 Å². The van der Waals surface area contributed by atoms with Crippen molar-refractivity contribution in [3.63, 3.8) is 0 Å². The molecule has 1 N–H and O–H groups in total. The molecule has 0 bridgehead atoms. The van der Waals surface area contributed by atoms with E-state index in [0.717, 1.165) is 44.0 Å². The summed E-state index contributed by atoms with van der Waals surface area (Å²) in [6, 6.07) is 14.0. The molecule has 8 nitrogen and oxygen atoms in total. The lowest BCUT2D eigenvalue weighted by atomic mass is 10.2. The molecule has 33 heavy (non-hydrogen) atoms. The molecular formula is C24H31N3O5S. The second-order valence-corrected chi connectivity index (χ2v) is 10.2. The Morgan fingerprint density at radius 3 is 2.21 bits per heavy atom. The first kappa shape index (κ1) is 24.7. The van der Waals surface area contributed by atoms with Gasteiger partial charge in [-0.25, -0.2) is 8.42 Å². The quantitative estimate of drug-likeness (QED) is 0.559. The fourth-order valence-corrected chi connectivity index (χ4v) is 4.80. The Bertz CT molecular complexity index is 1040. The number of sulfone groups is 1. The van der Waals surface area contributed by atoms with Gasteiger partial charge in [0.2, 0.25) is 0 Å². The minimum Gasteiger partial charge on any atom is -0.456 e. The maximum Gasteiger partial charge on any atom is 0.307 e. The van der Waals surface area contributed by atoms with Gasteiger partial charge < -0.3 is 19.9 Å². The van der Waals surface area contributed by atoms with E-state index in [2.05, 4.69) is 22.0 Å². The average molecular weight is 474 g/mol. The molecule has 0 spiro atoms. The van der Waals surface area contributed by atoms with Crippen molar-refractivity contribution in [2.24, 2.45) is 0 Å². The topological polar surface area (TPSA) is 96.0 Å². The van der Waals surface area contributed by atoms with E-state index in [1.807, 2.05) is 31.2 Å². The van der Waals surface area contributed by atoms with Gasteiger partial charge in [0.15, 0.2) is 16.4 Å². The van der Waals surface area contributed by atoms with Crippen molar-refractivity contribution in [2.75, 3.05) is 55.3 Å². The van der Waals surface area contributed by atoms with Gasteiger partial charge in [0.25, 0.3) is 5.91 Å². The predicted octanol–water partition coefficient (Wildman–Crippen LogP) is 2.48. The van der Waals surface area contributed by atoms with Crippen LogP contribution < -0.4 is 10.2 Å². The molecule has 0 aromatic heterocycles. The van der Waals surface area contributed by atoms with Crippen LogP contribution in [0.1, 0.15) is 18.9 Å². The molecule has 1 fully saturated rings. The van der Waals surface area contributed by atoms with Crippen LogP contribution in [0.3, 0.4) is 0 Å². The molecule has 178 valence electrons. The molecule has 3 rings (SSSR count). The maximum absolute atomic E-state index is 12.3. The van der Waals surface area contributed by atoms with E-state index in [1.54, 1.807) is 12.1 Å². The first-order valence-corrected chi connectivity index (χ1v) is 12.7. The van der Waals surface area contributed by atoms with Gasteiger partial charge in [-0.3, -0.25) is 9.59 Å². The maximum atomic E-state index is 12.3. The lowest BCUT2D eigenvalue weighted by Crippen LogP contribution is -2.46. The Balaban J connectivity index is 1.40. The SMILES string of the molecule is CCN1CCN(c2ccc(NC(=O)COC(=O)CCS(=O)(=O)c3ccc(C)cc3)cc2)CC1. The zero-order valence-electron chi connectivity index (χ0n) is 19.1. The number of likely N-dealkylation sites (N-methyl/N-ethyl adjacent to an activating group) is 1. The van der Waals surface area contributed by atoms with Gasteiger partial charge in [-0.15, -0.1) is 0 Å². The molecule has 0 radical (unpaired) electrons. The largest absolute Gasteiger partial charge is 0.456 e. The lowest BCUT2D eigenvalue weighted by Gasteiger charge is -2.35. The number of benzene rings is 2. The predicted molar refractivity (Wildman–Crippen MR) is 128 cm³/mol. The monoisotopic (exact) mass is 473 g/mol. The number of ether oxygens (including phenoxy) is 1. The molecule has 0 atom stereocenters. The molecule has 1 aliphatic heterocycles. The van der Waals surface area contributed by atoms with Crippen LogP contribution in [-0.2, 0) is 24.2 Å². The van der Waals surface area contributed by atoms with E-state index in [1.165, 1.54) is 12.1 Å². The summed E-state index contributed by atoms with van der Waals surface area (Å²) in [4.78, 5) is 28.9. The Morgan fingerprint density at radius 2 is 1.61 bits per heavy atom. The second kappa shape index (κ2) is 11.3. The number of rotatable bonds is 9. The van der Waals surface area contributed by atoms with Crippen LogP contribution >= 0.6 is 0 Å². The van der Waals surface area contributed by atoms with Gasteiger partial charge in [-0.2, -0.15) is 0 Å². The summed E-state index contributed by atoms with van der Waals surface area (Å²) >= 11 is 0. The first-order valence-electron chi connectivity index (χ1n) is 11.1. The molecule has 1 amide bonds. The molecule has 1 saturated heterocycles. The number of carbonyl (C=O) groups excluding carboxylic acids is 2. The van der Waals surface area contributed by atoms with E-state index in [9.17, 15) is 18.0 Å². The van der Waals surface area contributed by atoms with Crippen molar-refractivity contribution >= 4 is 33.1 Å². The highest BCUT2D eigenvalue weighted by atomic mass is 32.2. The van der Waals surface area contributed by atoms with Gasteiger partial charge in [0.1, 0.15) is 0 Å². The van der Waals surface area contributed by atoms with Crippen LogP contribution in [-0.4, -0.2) is 70.3 Å². The van der Waals surface area contributed by atoms with Crippen molar-refractivity contribution in [3.05, 3.63) is 54.1 Å². The fourth-order valence-electron chi connectivity index (χ4n) is 3.57. The minimum absolute atomic E-state index is 0.161. The first-order chi connectivity index (χ1) is 15.8. The number of nitrogens with zero attached hydrogens (tertiary/aromatic N) is 2. The molecule has 0 unspecified atom stereocenters. The van der Waals surface area contributed by atoms with Crippen LogP contribution in [0.5, 0.6) is 0 Å². The van der Waals surface area contributed by atoms with Crippen molar-refractivity contribution in [1.82, 2.24) is 4.90 Å². The third kappa shape index (κ3) is 7.30. The number of carbonyl (C=O) groups is 2. The zero-order chi connectivity index (χ0) is 23.8. The summed E-state index contributed by atoms with van der Waals surface area (Å²) in [6.45, 7) is 8.62. The molecule has 1 aliphatic rings. The van der Waals surface area contributed by atoms with Crippen LogP contribution in [0.4, 0.5) is 11.4 Å². The smallest absolute Gasteiger partial charge is 0.307 e. The van der Waals surface area contributed by atoms with E-state index >= 15 is 0 Å². The Labute approximate surface area is 195 Å². The van der Waals surface area contributed by atoms with Gasteiger partial charge >= 0.3 is 5.97 Å². The number of hydrogen-bond donors (Lipinski definition) is 1. The molecule has 0 saturated carbocycles. The highest BCUT2D eigenvalue weighted by Gasteiger charge is 2.18. The second-order valence-electron chi connectivity index (χ2n) is 8.06. The highest BCUT2D eigenvalue weighted by molar-refractivity contribution is 7.91. The van der Waals surface area contributed by atoms with Crippen molar-refractivity contribution < 1.29 is 22.7 Å². The summed E-state index contributed by atoms with van der Waals surface area (Å²) in [6.07, 6.45) is -0.316. The summed E-state index contributed by atoms with van der Waals surface area (Å²) < 4.78 is 29.6. The normalized spacial score (nSPS) is 14.7. The molecule has 2 aromatic rings. The number of hydrogen-bond acceptors (Lipinski definition) is 7. The number of anilines is 2. The Kier molecular flexibility index (Phi) is 8.46. The van der Waals surface area contributed by atoms with Crippen molar-refractivity contribution in [2.45, 2.75) is 25.2 Å². The van der Waals surface area contributed by atoms with E-state index in [-0.39, 0.29) is 17.1 Å². The van der Waals surface area contributed by atoms with Gasteiger partial charge in [-0.1, -0.05) is 24.6 Å². The highest BCUT2D eigenvalue weighted by Crippen LogP contribution is 2.19. The molecule has 2 aromatic carbocycles. The summed E-state index contributed by atoms with van der Waals surface area (Å²) in [5.41, 5.74) is 2.66. The van der Waals surface area contributed by atoms with E-state index in [0.29, 0.717) is 5.69 Å². The van der Waals surface area contributed by atoms with Crippen LogP contribution in [0.2, 0.25) is 0 Å². The summed E-state index contributed by atoms with van der Waals surface area (Å²) in [5, 5.41) is 2.69. The van der Waals surface area contributed by atoms with Crippen molar-refractivity contribution in [3.8, 4) is 0 Å². The molecular weight excluding hydrogens is 442 g/mol. The number of nitrogens with one attached hydrogen (secondary N) is 1. The van der Waals surface area contributed by atoms with Crippen molar-refractivity contribution in [1.29, 1.82) is 0 Å². The summed E-state index contributed by atoms with van der Waals surface area (Å²) in [5.74, 6) is -1.58. The van der Waals surface area contributed by atoms with Gasteiger partial charge in [0, 0.05) is 37.6 Å².